The standard InChI is InChI=1S/C21H22N6O2/c1-15(28)23-17-4-3-5-18(14-17)24-20-7-6-19(25-26-20)21(29)27(2)13-10-16-8-11-22-12-9-16/h3-9,11-12,14H,10,13H2,1-2H3,(H,23,28)(H,24,26). The van der Waals surface area contributed by atoms with Gasteiger partial charge in [-0.05, 0) is 54.4 Å². The van der Waals surface area contributed by atoms with Crippen LogP contribution in [-0.4, -0.2) is 45.5 Å². The fourth-order valence-electron chi connectivity index (χ4n) is 2.68. The molecule has 148 valence electrons. The zero-order valence-corrected chi connectivity index (χ0v) is 16.3. The van der Waals surface area contributed by atoms with Crippen LogP contribution in [0.2, 0.25) is 0 Å². The summed E-state index contributed by atoms with van der Waals surface area (Å²) < 4.78 is 0. The topological polar surface area (TPSA) is 100 Å². The number of hydrogen-bond donors (Lipinski definition) is 2. The molecule has 2 amide bonds. The van der Waals surface area contributed by atoms with Crippen LogP contribution in [0.25, 0.3) is 0 Å². The van der Waals surface area contributed by atoms with Gasteiger partial charge in [-0.25, -0.2) is 0 Å². The Bertz CT molecular complexity index is 976. The average molecular weight is 390 g/mol. The molecule has 3 aromatic rings. The lowest BCUT2D eigenvalue weighted by molar-refractivity contribution is -0.114. The molecular formula is C21H22N6O2. The van der Waals surface area contributed by atoms with Crippen molar-refractivity contribution in [3.05, 3.63) is 72.2 Å². The number of rotatable bonds is 7. The highest BCUT2D eigenvalue weighted by Crippen LogP contribution is 2.18. The van der Waals surface area contributed by atoms with E-state index < -0.39 is 0 Å². The van der Waals surface area contributed by atoms with E-state index >= 15 is 0 Å². The number of aromatic nitrogens is 3. The lowest BCUT2D eigenvalue weighted by atomic mass is 10.2. The zero-order valence-electron chi connectivity index (χ0n) is 16.3. The minimum absolute atomic E-state index is 0.141. The van der Waals surface area contributed by atoms with Crippen LogP contribution in [0, 0.1) is 0 Å². The molecule has 0 atom stereocenters. The molecule has 0 saturated heterocycles. The number of likely N-dealkylation sites (N-methyl/N-ethyl adjacent to an activating group) is 1. The molecule has 0 aliphatic carbocycles. The minimum atomic E-state index is -0.189. The maximum absolute atomic E-state index is 12.5. The largest absolute Gasteiger partial charge is 0.340 e. The molecule has 0 fully saturated rings. The SMILES string of the molecule is CC(=O)Nc1cccc(Nc2ccc(C(=O)N(C)CCc3ccncc3)nn2)c1. The molecule has 0 spiro atoms. The van der Waals surface area contributed by atoms with Gasteiger partial charge in [0.1, 0.15) is 0 Å². The van der Waals surface area contributed by atoms with Crippen LogP contribution < -0.4 is 10.6 Å². The van der Waals surface area contributed by atoms with Gasteiger partial charge in [-0.15, -0.1) is 10.2 Å². The predicted octanol–water partition coefficient (Wildman–Crippen LogP) is 2.89. The van der Waals surface area contributed by atoms with Crippen molar-refractivity contribution < 1.29 is 9.59 Å². The summed E-state index contributed by atoms with van der Waals surface area (Å²) in [6.07, 6.45) is 4.21. The van der Waals surface area contributed by atoms with Crippen molar-refractivity contribution in [2.75, 3.05) is 24.2 Å². The smallest absolute Gasteiger partial charge is 0.274 e. The third-order valence-corrected chi connectivity index (χ3v) is 4.17. The normalized spacial score (nSPS) is 10.3. The highest BCUT2D eigenvalue weighted by Gasteiger charge is 2.14. The van der Waals surface area contributed by atoms with Crippen molar-refractivity contribution in [3.63, 3.8) is 0 Å². The highest BCUT2D eigenvalue weighted by atomic mass is 16.2. The van der Waals surface area contributed by atoms with Crippen LogP contribution in [0.4, 0.5) is 17.2 Å². The number of hydrogen-bond acceptors (Lipinski definition) is 6. The van der Waals surface area contributed by atoms with Crippen LogP contribution in [0.1, 0.15) is 23.0 Å². The molecule has 2 N–H and O–H groups in total. The van der Waals surface area contributed by atoms with Gasteiger partial charge in [0, 0.05) is 44.3 Å². The van der Waals surface area contributed by atoms with Crippen molar-refractivity contribution in [3.8, 4) is 0 Å². The molecule has 0 aliphatic rings. The van der Waals surface area contributed by atoms with Crippen molar-refractivity contribution >= 4 is 29.0 Å². The number of carbonyl (C=O) groups excluding carboxylic acids is 2. The quantitative estimate of drug-likeness (QED) is 0.643. The van der Waals surface area contributed by atoms with Crippen molar-refractivity contribution in [1.82, 2.24) is 20.1 Å². The summed E-state index contributed by atoms with van der Waals surface area (Å²) in [6.45, 7) is 2.02. The first kappa shape index (κ1) is 19.9. The highest BCUT2D eigenvalue weighted by molar-refractivity contribution is 5.92. The van der Waals surface area contributed by atoms with E-state index in [4.69, 9.17) is 0 Å². The van der Waals surface area contributed by atoms with Gasteiger partial charge in [-0.1, -0.05) is 6.07 Å². The predicted molar refractivity (Wildman–Crippen MR) is 111 cm³/mol. The molecule has 0 aliphatic heterocycles. The average Bonchev–Trinajstić information content (AvgIpc) is 2.72. The minimum Gasteiger partial charge on any atom is -0.340 e. The first-order valence-electron chi connectivity index (χ1n) is 9.14. The third kappa shape index (κ3) is 5.83. The molecule has 8 heteroatoms. The van der Waals surface area contributed by atoms with Gasteiger partial charge >= 0.3 is 0 Å². The third-order valence-electron chi connectivity index (χ3n) is 4.17. The Labute approximate surface area is 169 Å². The Morgan fingerprint density at radius 1 is 1.00 bits per heavy atom. The number of carbonyl (C=O) groups is 2. The van der Waals surface area contributed by atoms with Crippen LogP contribution in [0.3, 0.4) is 0 Å². The second-order valence-corrected chi connectivity index (χ2v) is 6.52. The summed E-state index contributed by atoms with van der Waals surface area (Å²) in [5.41, 5.74) is 2.82. The molecule has 0 radical (unpaired) electrons. The molecule has 0 saturated carbocycles. The summed E-state index contributed by atoms with van der Waals surface area (Å²) in [6, 6.07) is 14.4. The molecule has 3 rings (SSSR count). The number of pyridine rings is 1. The molecule has 2 heterocycles. The van der Waals surface area contributed by atoms with Crippen molar-refractivity contribution in [1.29, 1.82) is 0 Å². The molecule has 0 unspecified atom stereocenters. The van der Waals surface area contributed by atoms with Crippen LogP contribution in [0.15, 0.2) is 60.9 Å². The van der Waals surface area contributed by atoms with E-state index in [1.54, 1.807) is 48.6 Å². The van der Waals surface area contributed by atoms with Crippen molar-refractivity contribution in [2.24, 2.45) is 0 Å². The second-order valence-electron chi connectivity index (χ2n) is 6.52. The van der Waals surface area contributed by atoms with Gasteiger partial charge in [0.05, 0.1) is 0 Å². The molecule has 0 bridgehead atoms. The van der Waals surface area contributed by atoms with E-state index in [0.717, 1.165) is 17.7 Å². The Morgan fingerprint density at radius 3 is 2.45 bits per heavy atom. The lowest BCUT2D eigenvalue weighted by Crippen LogP contribution is -2.29. The van der Waals surface area contributed by atoms with Gasteiger partial charge in [0.25, 0.3) is 5.91 Å². The number of anilines is 3. The first-order valence-corrected chi connectivity index (χ1v) is 9.14. The van der Waals surface area contributed by atoms with E-state index in [0.29, 0.717) is 18.1 Å². The molecule has 8 nitrogen and oxygen atoms in total. The monoisotopic (exact) mass is 390 g/mol. The summed E-state index contributed by atoms with van der Waals surface area (Å²) >= 11 is 0. The summed E-state index contributed by atoms with van der Waals surface area (Å²) in [4.78, 5) is 29.3. The number of nitrogens with one attached hydrogen (secondary N) is 2. The fourth-order valence-corrected chi connectivity index (χ4v) is 2.68. The summed E-state index contributed by atoms with van der Waals surface area (Å²) in [5.74, 6) is 0.171. The zero-order chi connectivity index (χ0) is 20.6. The van der Waals surface area contributed by atoms with E-state index in [2.05, 4.69) is 25.8 Å². The van der Waals surface area contributed by atoms with E-state index in [1.165, 1.54) is 6.92 Å². The van der Waals surface area contributed by atoms with Crippen molar-refractivity contribution in [2.45, 2.75) is 13.3 Å². The Kier molecular flexibility index (Phi) is 6.47. The Balaban J connectivity index is 1.59. The van der Waals surface area contributed by atoms with Gasteiger partial charge in [-0.2, -0.15) is 0 Å². The Hall–Kier alpha value is -3.81. The second kappa shape index (κ2) is 9.41. The van der Waals surface area contributed by atoms with E-state index in [9.17, 15) is 9.59 Å². The van der Waals surface area contributed by atoms with Crippen LogP contribution >= 0.6 is 0 Å². The Morgan fingerprint density at radius 2 is 1.76 bits per heavy atom. The fraction of sp³-hybridized carbons (Fsp3) is 0.190. The number of benzene rings is 1. The van der Waals surface area contributed by atoms with E-state index in [1.807, 2.05) is 24.3 Å². The first-order chi connectivity index (χ1) is 14.0. The number of amides is 2. The molecular weight excluding hydrogens is 368 g/mol. The van der Waals surface area contributed by atoms with Gasteiger partial charge in [0.2, 0.25) is 5.91 Å². The van der Waals surface area contributed by atoms with Gasteiger partial charge in [-0.3, -0.25) is 14.6 Å². The van der Waals surface area contributed by atoms with E-state index in [-0.39, 0.29) is 17.5 Å². The maximum atomic E-state index is 12.5. The molecule has 2 aromatic heterocycles. The summed E-state index contributed by atoms with van der Waals surface area (Å²) in [7, 11) is 1.74. The van der Waals surface area contributed by atoms with Gasteiger partial charge < -0.3 is 15.5 Å². The van der Waals surface area contributed by atoms with Gasteiger partial charge in [0.15, 0.2) is 11.5 Å². The van der Waals surface area contributed by atoms with Crippen LogP contribution in [0.5, 0.6) is 0 Å². The molecule has 1 aromatic carbocycles. The number of nitrogens with zero attached hydrogens (tertiary/aromatic N) is 4. The lowest BCUT2D eigenvalue weighted by Gasteiger charge is -2.16. The molecule has 29 heavy (non-hydrogen) atoms. The summed E-state index contributed by atoms with van der Waals surface area (Å²) in [5, 5.41) is 13.9. The van der Waals surface area contributed by atoms with Crippen LogP contribution in [-0.2, 0) is 11.2 Å². The maximum Gasteiger partial charge on any atom is 0.274 e.